The van der Waals surface area contributed by atoms with Gasteiger partial charge < -0.3 is 20.3 Å². The Morgan fingerprint density at radius 1 is 1.24 bits per heavy atom. The van der Waals surface area contributed by atoms with Crippen molar-refractivity contribution >= 4 is 23.6 Å². The number of ether oxygens (including phenoxy) is 1. The van der Waals surface area contributed by atoms with Crippen molar-refractivity contribution in [3.05, 3.63) is 29.8 Å². The molecule has 7 nitrogen and oxygen atoms in total. The van der Waals surface area contributed by atoms with Crippen LogP contribution >= 0.6 is 0 Å². The summed E-state index contributed by atoms with van der Waals surface area (Å²) in [5.41, 5.74) is 0.413. The summed E-state index contributed by atoms with van der Waals surface area (Å²) < 4.78 is 5.30. The molecule has 0 radical (unpaired) electrons. The molecule has 0 saturated heterocycles. The van der Waals surface area contributed by atoms with E-state index in [9.17, 15) is 14.4 Å². The van der Waals surface area contributed by atoms with Gasteiger partial charge in [-0.15, -0.1) is 0 Å². The van der Waals surface area contributed by atoms with Gasteiger partial charge in [0.25, 0.3) is 5.91 Å². The van der Waals surface area contributed by atoms with Gasteiger partial charge in [-0.25, -0.2) is 4.79 Å². The van der Waals surface area contributed by atoms with Crippen molar-refractivity contribution in [2.24, 2.45) is 0 Å². The molecule has 25 heavy (non-hydrogen) atoms. The molecule has 0 fully saturated rings. The Balaban J connectivity index is 2.60. The van der Waals surface area contributed by atoms with Crippen LogP contribution in [0.5, 0.6) is 0 Å². The van der Waals surface area contributed by atoms with Gasteiger partial charge in [0.15, 0.2) is 0 Å². The van der Waals surface area contributed by atoms with Gasteiger partial charge in [0.05, 0.1) is 0 Å². The highest BCUT2D eigenvalue weighted by Crippen LogP contribution is 2.12. The number of nitrogens with zero attached hydrogens (tertiary/aromatic N) is 1. The standard InChI is InChI=1S/C18H27N3O4/c1-12(21(6)17(24)25-18(3,4)5)11-19-16(23)14-8-7-9-15(10-14)20-13(2)22/h7-10,12H,11H2,1-6H3,(H,19,23)(H,20,22)/t12-/m0/s1. The van der Waals surface area contributed by atoms with Gasteiger partial charge in [0.1, 0.15) is 5.60 Å². The zero-order valence-electron chi connectivity index (χ0n) is 15.7. The van der Waals surface area contributed by atoms with E-state index in [0.29, 0.717) is 11.3 Å². The number of nitrogens with one attached hydrogen (secondary N) is 2. The largest absolute Gasteiger partial charge is 0.444 e. The lowest BCUT2D eigenvalue weighted by Crippen LogP contribution is -2.45. The maximum absolute atomic E-state index is 12.2. The predicted octanol–water partition coefficient (Wildman–Crippen LogP) is 2.63. The van der Waals surface area contributed by atoms with Crippen LogP contribution in [-0.2, 0) is 9.53 Å². The van der Waals surface area contributed by atoms with Crippen molar-refractivity contribution in [2.45, 2.75) is 46.3 Å². The molecule has 0 saturated carbocycles. The molecule has 138 valence electrons. The van der Waals surface area contributed by atoms with E-state index < -0.39 is 11.7 Å². The van der Waals surface area contributed by atoms with E-state index in [-0.39, 0.29) is 24.4 Å². The van der Waals surface area contributed by atoms with E-state index in [2.05, 4.69) is 10.6 Å². The van der Waals surface area contributed by atoms with Gasteiger partial charge in [0, 0.05) is 37.8 Å². The Kier molecular flexibility index (Phi) is 6.97. The molecule has 1 aromatic carbocycles. The lowest BCUT2D eigenvalue weighted by atomic mass is 10.2. The summed E-state index contributed by atoms with van der Waals surface area (Å²) in [6.07, 6.45) is -0.443. The Labute approximate surface area is 148 Å². The van der Waals surface area contributed by atoms with Crippen LogP contribution in [0.15, 0.2) is 24.3 Å². The average molecular weight is 349 g/mol. The lowest BCUT2D eigenvalue weighted by Gasteiger charge is -2.28. The van der Waals surface area contributed by atoms with Crippen LogP contribution in [0.2, 0.25) is 0 Å². The Hall–Kier alpha value is -2.57. The fourth-order valence-electron chi connectivity index (χ4n) is 1.93. The van der Waals surface area contributed by atoms with Crippen LogP contribution in [0.1, 0.15) is 45.0 Å². The monoisotopic (exact) mass is 349 g/mol. The second-order valence-corrected chi connectivity index (χ2v) is 6.91. The number of carbonyl (C=O) groups excluding carboxylic acids is 3. The third-order valence-electron chi connectivity index (χ3n) is 3.35. The summed E-state index contributed by atoms with van der Waals surface area (Å²) in [4.78, 5) is 36.8. The topological polar surface area (TPSA) is 87.7 Å². The zero-order chi connectivity index (χ0) is 19.2. The minimum Gasteiger partial charge on any atom is -0.444 e. The number of carbonyl (C=O) groups is 3. The first-order chi connectivity index (χ1) is 11.5. The quantitative estimate of drug-likeness (QED) is 0.855. The minimum atomic E-state index is -0.571. The molecule has 3 amide bonds. The second kappa shape index (κ2) is 8.50. The van der Waals surface area contributed by atoms with Crippen LogP contribution < -0.4 is 10.6 Å². The third kappa shape index (κ3) is 7.24. The van der Waals surface area contributed by atoms with Crippen LogP contribution in [0.4, 0.5) is 10.5 Å². The highest BCUT2D eigenvalue weighted by molar-refractivity contribution is 5.96. The van der Waals surface area contributed by atoms with Gasteiger partial charge in [0.2, 0.25) is 5.91 Å². The number of likely N-dealkylation sites (N-methyl/N-ethyl adjacent to an activating group) is 1. The summed E-state index contributed by atoms with van der Waals surface area (Å²) in [6, 6.07) is 6.41. The maximum Gasteiger partial charge on any atom is 0.410 e. The molecule has 0 aliphatic rings. The minimum absolute atomic E-state index is 0.204. The van der Waals surface area contributed by atoms with Crippen molar-refractivity contribution in [3.8, 4) is 0 Å². The summed E-state index contributed by atoms with van der Waals surface area (Å²) in [5.74, 6) is -0.484. The molecule has 0 aromatic heterocycles. The van der Waals surface area contributed by atoms with Gasteiger partial charge in [-0.3, -0.25) is 9.59 Å². The Morgan fingerprint density at radius 3 is 2.44 bits per heavy atom. The van der Waals surface area contributed by atoms with E-state index in [4.69, 9.17) is 4.74 Å². The van der Waals surface area contributed by atoms with Crippen LogP contribution in [0, 0.1) is 0 Å². The van der Waals surface area contributed by atoms with E-state index in [1.165, 1.54) is 11.8 Å². The first kappa shape index (κ1) is 20.5. The summed E-state index contributed by atoms with van der Waals surface area (Å²) in [6.45, 7) is 8.89. The molecular weight excluding hydrogens is 322 g/mol. The highest BCUT2D eigenvalue weighted by Gasteiger charge is 2.23. The number of hydrogen-bond donors (Lipinski definition) is 2. The SMILES string of the molecule is CC(=O)Nc1cccc(C(=O)NC[C@H](C)N(C)C(=O)OC(C)(C)C)c1. The van der Waals surface area contributed by atoms with Crippen molar-refractivity contribution in [3.63, 3.8) is 0 Å². The average Bonchev–Trinajstić information content (AvgIpc) is 2.49. The number of anilines is 1. The molecule has 0 aliphatic heterocycles. The number of hydrogen-bond acceptors (Lipinski definition) is 4. The normalized spacial score (nSPS) is 12.1. The van der Waals surface area contributed by atoms with Gasteiger partial charge in [-0.05, 0) is 45.9 Å². The van der Waals surface area contributed by atoms with E-state index in [0.717, 1.165) is 0 Å². The smallest absolute Gasteiger partial charge is 0.410 e. The number of rotatable bonds is 5. The fraction of sp³-hybridized carbons (Fsp3) is 0.500. The Bertz CT molecular complexity index is 637. The van der Waals surface area contributed by atoms with Gasteiger partial charge in [-0.2, -0.15) is 0 Å². The molecule has 0 spiro atoms. The molecular formula is C18H27N3O4. The van der Waals surface area contributed by atoms with Crippen molar-refractivity contribution in [1.82, 2.24) is 10.2 Å². The third-order valence-corrected chi connectivity index (χ3v) is 3.35. The first-order valence-electron chi connectivity index (χ1n) is 8.11. The molecule has 7 heteroatoms. The molecule has 1 rings (SSSR count). The predicted molar refractivity (Wildman–Crippen MR) is 96.5 cm³/mol. The summed E-state index contributed by atoms with van der Waals surface area (Å²) >= 11 is 0. The maximum atomic E-state index is 12.2. The summed E-state index contributed by atoms with van der Waals surface area (Å²) in [7, 11) is 1.63. The molecule has 0 aliphatic carbocycles. The van der Waals surface area contributed by atoms with Crippen LogP contribution in [-0.4, -0.2) is 48.0 Å². The van der Waals surface area contributed by atoms with Crippen molar-refractivity contribution < 1.29 is 19.1 Å². The van der Waals surface area contributed by atoms with E-state index in [1.54, 1.807) is 52.1 Å². The molecule has 0 heterocycles. The number of benzene rings is 1. The van der Waals surface area contributed by atoms with E-state index in [1.807, 2.05) is 6.92 Å². The van der Waals surface area contributed by atoms with Crippen molar-refractivity contribution in [1.29, 1.82) is 0 Å². The molecule has 1 atom stereocenters. The van der Waals surface area contributed by atoms with Gasteiger partial charge >= 0.3 is 6.09 Å². The molecule has 2 N–H and O–H groups in total. The lowest BCUT2D eigenvalue weighted by molar-refractivity contribution is -0.114. The molecule has 0 unspecified atom stereocenters. The Morgan fingerprint density at radius 2 is 1.88 bits per heavy atom. The van der Waals surface area contributed by atoms with Crippen LogP contribution in [0.25, 0.3) is 0 Å². The van der Waals surface area contributed by atoms with Gasteiger partial charge in [-0.1, -0.05) is 6.07 Å². The first-order valence-corrected chi connectivity index (χ1v) is 8.11. The fourth-order valence-corrected chi connectivity index (χ4v) is 1.93. The molecule has 1 aromatic rings. The summed E-state index contributed by atoms with van der Waals surface area (Å²) in [5, 5.41) is 5.41. The number of amides is 3. The van der Waals surface area contributed by atoms with E-state index >= 15 is 0 Å². The van der Waals surface area contributed by atoms with Crippen molar-refractivity contribution in [2.75, 3.05) is 18.9 Å². The van der Waals surface area contributed by atoms with Crippen LogP contribution in [0.3, 0.4) is 0 Å². The molecule has 0 bridgehead atoms. The highest BCUT2D eigenvalue weighted by atomic mass is 16.6. The zero-order valence-corrected chi connectivity index (χ0v) is 15.7. The second-order valence-electron chi connectivity index (χ2n) is 6.91.